The molecule has 1 aromatic heterocycles. The second-order valence-electron chi connectivity index (χ2n) is 7.87. The Morgan fingerprint density at radius 1 is 1.35 bits per heavy atom. The minimum Gasteiger partial charge on any atom is -0.348 e. The van der Waals surface area contributed by atoms with Gasteiger partial charge < -0.3 is 10.3 Å². The van der Waals surface area contributed by atoms with Crippen LogP contribution in [0.4, 0.5) is 0 Å². The van der Waals surface area contributed by atoms with Crippen LogP contribution in [0.5, 0.6) is 0 Å². The predicted octanol–water partition coefficient (Wildman–Crippen LogP) is 4.60. The lowest BCUT2D eigenvalue weighted by molar-refractivity contribution is 0.237. The topological polar surface area (TPSA) is 30.9 Å². The molecule has 1 fully saturated rings. The summed E-state index contributed by atoms with van der Waals surface area (Å²) in [6, 6.07) is 3.25. The van der Waals surface area contributed by atoms with Gasteiger partial charge in [0.1, 0.15) is 0 Å². The average molecular weight is 274 g/mol. The second kappa shape index (κ2) is 5.22. The molecule has 0 saturated heterocycles. The summed E-state index contributed by atoms with van der Waals surface area (Å²) in [6.07, 6.45) is 11.5. The number of nitrogens with zero attached hydrogens (tertiary/aromatic N) is 1. The highest BCUT2D eigenvalue weighted by atomic mass is 15.0. The van der Waals surface area contributed by atoms with Gasteiger partial charge in [-0.05, 0) is 48.6 Å². The molecule has 0 aromatic carbocycles. The van der Waals surface area contributed by atoms with Crippen LogP contribution in [0.15, 0.2) is 12.3 Å². The molecular formula is C18H30N2. The van der Waals surface area contributed by atoms with E-state index in [9.17, 15) is 0 Å². The Bertz CT molecular complexity index is 472. The van der Waals surface area contributed by atoms with E-state index in [4.69, 9.17) is 5.73 Å². The van der Waals surface area contributed by atoms with E-state index in [1.807, 2.05) is 0 Å². The van der Waals surface area contributed by atoms with Crippen molar-refractivity contribution in [2.75, 3.05) is 0 Å². The normalized spacial score (nSPS) is 32.9. The Balaban J connectivity index is 1.88. The van der Waals surface area contributed by atoms with E-state index >= 15 is 0 Å². The van der Waals surface area contributed by atoms with Gasteiger partial charge in [0.15, 0.2) is 0 Å². The largest absolute Gasteiger partial charge is 0.348 e. The highest BCUT2D eigenvalue weighted by Crippen LogP contribution is 2.43. The number of nitrogens with two attached hydrogens (primary N) is 1. The molecule has 20 heavy (non-hydrogen) atoms. The summed E-state index contributed by atoms with van der Waals surface area (Å²) in [7, 11) is 0. The van der Waals surface area contributed by atoms with Crippen LogP contribution in [-0.2, 0) is 6.42 Å². The van der Waals surface area contributed by atoms with Gasteiger partial charge >= 0.3 is 0 Å². The van der Waals surface area contributed by atoms with Crippen LogP contribution in [0.3, 0.4) is 0 Å². The van der Waals surface area contributed by atoms with Gasteiger partial charge in [0.05, 0.1) is 0 Å². The first-order valence-electron chi connectivity index (χ1n) is 8.45. The van der Waals surface area contributed by atoms with Crippen LogP contribution in [0, 0.1) is 11.3 Å². The number of rotatable bonds is 2. The standard InChI is InChI=1S/C18H30N2/c1-4-13-6-5-7-14(10-13)20-9-8-15-16(19)11-18(2,3)12-17(15)20/h8-9,13-14,16H,4-7,10-12,19H2,1-3H3. The Kier molecular flexibility index (Phi) is 3.70. The molecule has 2 N–H and O–H groups in total. The summed E-state index contributed by atoms with van der Waals surface area (Å²) in [6.45, 7) is 7.07. The molecular weight excluding hydrogens is 244 g/mol. The SMILES string of the molecule is CCC1CCCC(n2ccc3c2CC(C)(C)CC3N)C1. The molecule has 3 rings (SSSR count). The molecule has 0 amide bonds. The van der Waals surface area contributed by atoms with E-state index < -0.39 is 0 Å². The molecule has 0 aliphatic heterocycles. The number of aromatic nitrogens is 1. The monoisotopic (exact) mass is 274 g/mol. The van der Waals surface area contributed by atoms with Crippen LogP contribution >= 0.6 is 0 Å². The van der Waals surface area contributed by atoms with Crippen molar-refractivity contribution in [2.45, 2.75) is 77.8 Å². The molecule has 2 aliphatic rings. The Morgan fingerprint density at radius 2 is 2.15 bits per heavy atom. The fraction of sp³-hybridized carbons (Fsp3) is 0.778. The molecule has 3 unspecified atom stereocenters. The van der Waals surface area contributed by atoms with Gasteiger partial charge in [-0.3, -0.25) is 0 Å². The van der Waals surface area contributed by atoms with Gasteiger partial charge in [-0.15, -0.1) is 0 Å². The molecule has 2 aliphatic carbocycles. The summed E-state index contributed by atoms with van der Waals surface area (Å²) < 4.78 is 2.60. The van der Waals surface area contributed by atoms with Gasteiger partial charge in [0.25, 0.3) is 0 Å². The first-order chi connectivity index (χ1) is 9.50. The molecule has 3 atom stereocenters. The highest BCUT2D eigenvalue weighted by molar-refractivity contribution is 5.30. The van der Waals surface area contributed by atoms with Gasteiger partial charge in [-0.2, -0.15) is 0 Å². The molecule has 112 valence electrons. The Labute approximate surface area is 123 Å². The maximum atomic E-state index is 6.40. The summed E-state index contributed by atoms with van der Waals surface area (Å²) in [5, 5.41) is 0. The van der Waals surface area contributed by atoms with E-state index in [0.29, 0.717) is 5.41 Å². The van der Waals surface area contributed by atoms with Crippen molar-refractivity contribution in [3.05, 3.63) is 23.5 Å². The van der Waals surface area contributed by atoms with Crippen molar-refractivity contribution in [2.24, 2.45) is 17.1 Å². The number of fused-ring (bicyclic) bond motifs is 1. The third kappa shape index (κ3) is 2.55. The summed E-state index contributed by atoms with van der Waals surface area (Å²) in [5.41, 5.74) is 9.71. The third-order valence-electron chi connectivity index (χ3n) is 5.60. The highest BCUT2D eigenvalue weighted by Gasteiger charge is 2.34. The lowest BCUT2D eigenvalue weighted by atomic mass is 9.74. The molecule has 2 nitrogen and oxygen atoms in total. The van der Waals surface area contributed by atoms with Crippen LogP contribution in [0.25, 0.3) is 0 Å². The van der Waals surface area contributed by atoms with Crippen molar-refractivity contribution < 1.29 is 0 Å². The first-order valence-corrected chi connectivity index (χ1v) is 8.45. The fourth-order valence-corrected chi connectivity index (χ4v) is 4.49. The van der Waals surface area contributed by atoms with E-state index in [2.05, 4.69) is 37.6 Å². The molecule has 1 heterocycles. The smallest absolute Gasteiger partial charge is 0.0336 e. The van der Waals surface area contributed by atoms with Crippen LogP contribution in [0.2, 0.25) is 0 Å². The van der Waals surface area contributed by atoms with Gasteiger partial charge in [-0.1, -0.05) is 40.0 Å². The fourth-order valence-electron chi connectivity index (χ4n) is 4.49. The van der Waals surface area contributed by atoms with Crippen LogP contribution < -0.4 is 5.73 Å². The summed E-state index contributed by atoms with van der Waals surface area (Å²) in [4.78, 5) is 0. The number of hydrogen-bond donors (Lipinski definition) is 1. The first kappa shape index (κ1) is 14.2. The van der Waals surface area contributed by atoms with E-state index in [0.717, 1.165) is 18.4 Å². The summed E-state index contributed by atoms with van der Waals surface area (Å²) in [5.74, 6) is 0.928. The van der Waals surface area contributed by atoms with Gasteiger partial charge in [0.2, 0.25) is 0 Å². The van der Waals surface area contributed by atoms with Crippen LogP contribution in [-0.4, -0.2) is 4.57 Å². The molecule has 2 heteroatoms. The maximum Gasteiger partial charge on any atom is 0.0336 e. The van der Waals surface area contributed by atoms with Crippen molar-refractivity contribution in [3.63, 3.8) is 0 Å². The molecule has 0 radical (unpaired) electrons. The van der Waals surface area contributed by atoms with Gasteiger partial charge in [0, 0.05) is 24.0 Å². The van der Waals surface area contributed by atoms with Crippen molar-refractivity contribution >= 4 is 0 Å². The zero-order valence-corrected chi connectivity index (χ0v) is 13.4. The average Bonchev–Trinajstić information content (AvgIpc) is 2.81. The zero-order chi connectivity index (χ0) is 14.3. The predicted molar refractivity (Wildman–Crippen MR) is 84.7 cm³/mol. The minimum atomic E-state index is 0.237. The maximum absolute atomic E-state index is 6.40. The van der Waals surface area contributed by atoms with E-state index in [1.54, 1.807) is 0 Å². The second-order valence-corrected chi connectivity index (χ2v) is 7.87. The quantitative estimate of drug-likeness (QED) is 0.839. The summed E-state index contributed by atoms with van der Waals surface area (Å²) >= 11 is 0. The third-order valence-corrected chi connectivity index (χ3v) is 5.60. The molecule has 0 spiro atoms. The van der Waals surface area contributed by atoms with E-state index in [1.165, 1.54) is 49.8 Å². The van der Waals surface area contributed by atoms with Crippen molar-refractivity contribution in [1.82, 2.24) is 4.57 Å². The Morgan fingerprint density at radius 3 is 2.90 bits per heavy atom. The van der Waals surface area contributed by atoms with E-state index in [-0.39, 0.29) is 6.04 Å². The van der Waals surface area contributed by atoms with Crippen molar-refractivity contribution in [1.29, 1.82) is 0 Å². The van der Waals surface area contributed by atoms with Crippen LogP contribution in [0.1, 0.15) is 82.6 Å². The van der Waals surface area contributed by atoms with Crippen molar-refractivity contribution in [3.8, 4) is 0 Å². The zero-order valence-electron chi connectivity index (χ0n) is 13.4. The minimum absolute atomic E-state index is 0.237. The Hall–Kier alpha value is -0.760. The molecule has 0 bridgehead atoms. The lowest BCUT2D eigenvalue weighted by Crippen LogP contribution is -2.31. The molecule has 1 aromatic rings. The van der Waals surface area contributed by atoms with Gasteiger partial charge in [-0.25, -0.2) is 0 Å². The molecule has 1 saturated carbocycles. The lowest BCUT2D eigenvalue weighted by Gasteiger charge is -2.37. The number of hydrogen-bond acceptors (Lipinski definition) is 1.